The monoisotopic (exact) mass is 260 g/mol. The molecule has 2 heteroatoms. The molecule has 0 spiro atoms. The Hall–Kier alpha value is -1.02. The van der Waals surface area contributed by atoms with Gasteiger partial charge in [0.25, 0.3) is 0 Å². The fraction of sp³-hybridized carbons (Fsp3) is 0.647. The topological polar surface area (TPSA) is 29.3 Å². The molecule has 0 amide bonds. The predicted octanol–water partition coefficient (Wildman–Crippen LogP) is 3.37. The SMILES string of the molecule is Cc1ccc(N2CCC(C)C(C)C2)c(CC(C)N)c1. The van der Waals surface area contributed by atoms with Crippen molar-refractivity contribution in [3.05, 3.63) is 29.3 Å². The van der Waals surface area contributed by atoms with Gasteiger partial charge in [0.05, 0.1) is 0 Å². The van der Waals surface area contributed by atoms with E-state index < -0.39 is 0 Å². The fourth-order valence-electron chi connectivity index (χ4n) is 3.01. The van der Waals surface area contributed by atoms with Crippen LogP contribution in [0.4, 0.5) is 5.69 Å². The number of hydrogen-bond donors (Lipinski definition) is 1. The Morgan fingerprint density at radius 2 is 2.05 bits per heavy atom. The molecular formula is C17H28N2. The van der Waals surface area contributed by atoms with Crippen molar-refractivity contribution in [1.29, 1.82) is 0 Å². The second kappa shape index (κ2) is 5.96. The van der Waals surface area contributed by atoms with Gasteiger partial charge < -0.3 is 10.6 Å². The minimum atomic E-state index is 0.224. The number of piperidine rings is 1. The lowest BCUT2D eigenvalue weighted by molar-refractivity contribution is 0.323. The highest BCUT2D eigenvalue weighted by atomic mass is 15.1. The van der Waals surface area contributed by atoms with E-state index in [0.717, 1.165) is 18.3 Å². The molecule has 1 aromatic carbocycles. The largest absolute Gasteiger partial charge is 0.371 e. The Morgan fingerprint density at radius 1 is 1.32 bits per heavy atom. The molecule has 1 saturated heterocycles. The van der Waals surface area contributed by atoms with Crippen molar-refractivity contribution in [2.45, 2.75) is 46.6 Å². The molecule has 1 fully saturated rings. The normalized spacial score (nSPS) is 25.4. The van der Waals surface area contributed by atoms with E-state index in [1.165, 1.54) is 36.3 Å². The summed E-state index contributed by atoms with van der Waals surface area (Å²) in [4.78, 5) is 2.56. The van der Waals surface area contributed by atoms with Gasteiger partial charge in [-0.3, -0.25) is 0 Å². The number of benzene rings is 1. The van der Waals surface area contributed by atoms with Gasteiger partial charge in [0.15, 0.2) is 0 Å². The lowest BCUT2D eigenvalue weighted by atomic mass is 9.88. The summed E-state index contributed by atoms with van der Waals surface area (Å²) < 4.78 is 0. The zero-order valence-corrected chi connectivity index (χ0v) is 12.8. The first-order valence-electron chi connectivity index (χ1n) is 7.57. The quantitative estimate of drug-likeness (QED) is 0.903. The van der Waals surface area contributed by atoms with Crippen LogP contribution in [0.15, 0.2) is 18.2 Å². The number of nitrogens with zero attached hydrogens (tertiary/aromatic N) is 1. The van der Waals surface area contributed by atoms with Crippen molar-refractivity contribution >= 4 is 5.69 Å². The molecule has 0 bridgehead atoms. The lowest BCUT2D eigenvalue weighted by Crippen LogP contribution is -2.39. The van der Waals surface area contributed by atoms with Crippen LogP contribution in [0.3, 0.4) is 0 Å². The van der Waals surface area contributed by atoms with Gasteiger partial charge in [0.1, 0.15) is 0 Å². The Balaban J connectivity index is 2.23. The Bertz CT molecular complexity index is 425. The molecule has 3 atom stereocenters. The van der Waals surface area contributed by atoms with Gasteiger partial charge in [-0.2, -0.15) is 0 Å². The molecule has 2 rings (SSSR count). The molecule has 19 heavy (non-hydrogen) atoms. The molecule has 0 saturated carbocycles. The van der Waals surface area contributed by atoms with Crippen molar-refractivity contribution in [3.63, 3.8) is 0 Å². The van der Waals surface area contributed by atoms with E-state index in [4.69, 9.17) is 5.73 Å². The number of hydrogen-bond acceptors (Lipinski definition) is 2. The standard InChI is InChI=1S/C17H28N2/c1-12-5-6-17(16(9-12)10-15(4)18)19-8-7-13(2)14(3)11-19/h5-6,9,13-15H,7-8,10-11,18H2,1-4H3. The molecule has 0 aliphatic carbocycles. The summed E-state index contributed by atoms with van der Waals surface area (Å²) in [5.74, 6) is 1.62. The number of nitrogens with two attached hydrogens (primary N) is 1. The van der Waals surface area contributed by atoms with Gasteiger partial charge >= 0.3 is 0 Å². The summed E-state index contributed by atoms with van der Waals surface area (Å²) >= 11 is 0. The van der Waals surface area contributed by atoms with Crippen LogP contribution in [0.2, 0.25) is 0 Å². The second-order valence-corrected chi connectivity index (χ2v) is 6.50. The highest BCUT2D eigenvalue weighted by Crippen LogP contribution is 2.30. The molecule has 0 radical (unpaired) electrons. The summed E-state index contributed by atoms with van der Waals surface area (Å²) in [6.07, 6.45) is 2.27. The van der Waals surface area contributed by atoms with Gasteiger partial charge in [-0.25, -0.2) is 0 Å². The molecule has 3 unspecified atom stereocenters. The molecule has 106 valence electrons. The highest BCUT2D eigenvalue weighted by Gasteiger charge is 2.24. The summed E-state index contributed by atoms with van der Waals surface area (Å²) in [6, 6.07) is 7.04. The summed E-state index contributed by atoms with van der Waals surface area (Å²) in [5, 5.41) is 0. The van der Waals surface area contributed by atoms with Crippen LogP contribution in [-0.2, 0) is 6.42 Å². The average Bonchev–Trinajstić information content (AvgIpc) is 2.32. The first-order chi connectivity index (χ1) is 8.97. The lowest BCUT2D eigenvalue weighted by Gasteiger charge is -2.38. The van der Waals surface area contributed by atoms with Gasteiger partial charge in [-0.1, -0.05) is 31.5 Å². The van der Waals surface area contributed by atoms with E-state index in [9.17, 15) is 0 Å². The Morgan fingerprint density at radius 3 is 2.68 bits per heavy atom. The fourth-order valence-corrected chi connectivity index (χ4v) is 3.01. The zero-order valence-electron chi connectivity index (χ0n) is 12.8. The first-order valence-corrected chi connectivity index (χ1v) is 7.57. The van der Waals surface area contributed by atoms with E-state index in [1.807, 2.05) is 0 Å². The third-order valence-corrected chi connectivity index (χ3v) is 4.45. The van der Waals surface area contributed by atoms with Gasteiger partial charge in [0.2, 0.25) is 0 Å². The van der Waals surface area contributed by atoms with Crippen LogP contribution in [0.1, 0.15) is 38.3 Å². The molecular weight excluding hydrogens is 232 g/mol. The first kappa shape index (κ1) is 14.4. The Kier molecular flexibility index (Phi) is 4.51. The van der Waals surface area contributed by atoms with E-state index in [0.29, 0.717) is 0 Å². The molecule has 1 aromatic rings. The van der Waals surface area contributed by atoms with Crippen molar-refractivity contribution < 1.29 is 0 Å². The maximum absolute atomic E-state index is 6.00. The molecule has 0 aromatic heterocycles. The van der Waals surface area contributed by atoms with Crippen molar-refractivity contribution in [2.75, 3.05) is 18.0 Å². The van der Waals surface area contributed by atoms with Crippen molar-refractivity contribution in [2.24, 2.45) is 17.6 Å². The molecule has 2 N–H and O–H groups in total. The summed E-state index contributed by atoms with van der Waals surface area (Å²) in [6.45, 7) is 11.4. The van der Waals surface area contributed by atoms with Gasteiger partial charge in [0, 0.05) is 24.8 Å². The van der Waals surface area contributed by atoms with E-state index in [2.05, 4.69) is 50.8 Å². The second-order valence-electron chi connectivity index (χ2n) is 6.50. The molecule has 1 aliphatic rings. The third kappa shape index (κ3) is 3.50. The minimum absolute atomic E-state index is 0.224. The van der Waals surface area contributed by atoms with E-state index in [-0.39, 0.29) is 6.04 Å². The van der Waals surface area contributed by atoms with Gasteiger partial charge in [-0.05, 0) is 50.2 Å². The van der Waals surface area contributed by atoms with Gasteiger partial charge in [-0.15, -0.1) is 0 Å². The third-order valence-electron chi connectivity index (χ3n) is 4.45. The van der Waals surface area contributed by atoms with Crippen LogP contribution in [0.25, 0.3) is 0 Å². The number of rotatable bonds is 3. The smallest absolute Gasteiger partial charge is 0.0399 e. The molecule has 1 heterocycles. The maximum atomic E-state index is 6.00. The predicted molar refractivity (Wildman–Crippen MR) is 83.7 cm³/mol. The number of anilines is 1. The summed E-state index contributed by atoms with van der Waals surface area (Å²) in [5.41, 5.74) is 10.2. The summed E-state index contributed by atoms with van der Waals surface area (Å²) in [7, 11) is 0. The molecule has 2 nitrogen and oxygen atoms in total. The minimum Gasteiger partial charge on any atom is -0.371 e. The van der Waals surface area contributed by atoms with Crippen LogP contribution in [-0.4, -0.2) is 19.1 Å². The van der Waals surface area contributed by atoms with Crippen LogP contribution in [0, 0.1) is 18.8 Å². The van der Waals surface area contributed by atoms with Crippen molar-refractivity contribution in [3.8, 4) is 0 Å². The van der Waals surface area contributed by atoms with E-state index >= 15 is 0 Å². The van der Waals surface area contributed by atoms with Crippen molar-refractivity contribution in [1.82, 2.24) is 0 Å². The highest BCUT2D eigenvalue weighted by molar-refractivity contribution is 5.55. The molecule has 1 aliphatic heterocycles. The van der Waals surface area contributed by atoms with Crippen LogP contribution in [0.5, 0.6) is 0 Å². The average molecular weight is 260 g/mol. The maximum Gasteiger partial charge on any atom is 0.0399 e. The van der Waals surface area contributed by atoms with Crippen LogP contribution >= 0.6 is 0 Å². The Labute approximate surface area is 118 Å². The number of aryl methyl sites for hydroxylation is 1. The van der Waals surface area contributed by atoms with E-state index in [1.54, 1.807) is 0 Å². The van der Waals surface area contributed by atoms with Crippen LogP contribution < -0.4 is 10.6 Å². The zero-order chi connectivity index (χ0) is 14.0.